The van der Waals surface area contributed by atoms with Crippen LogP contribution in [0.2, 0.25) is 0 Å². The molecule has 0 aromatic heterocycles. The fourth-order valence-corrected chi connectivity index (χ4v) is 3.45. The molecule has 0 unspecified atom stereocenters. The summed E-state index contributed by atoms with van der Waals surface area (Å²) in [7, 11) is 0. The normalized spacial score (nSPS) is 13.5. The van der Waals surface area contributed by atoms with E-state index >= 15 is 0 Å². The summed E-state index contributed by atoms with van der Waals surface area (Å²) in [6, 6.07) is 7.15. The van der Waals surface area contributed by atoms with Gasteiger partial charge in [-0.3, -0.25) is 14.4 Å². The van der Waals surface area contributed by atoms with Gasteiger partial charge >= 0.3 is 0 Å². The summed E-state index contributed by atoms with van der Waals surface area (Å²) in [5.41, 5.74) is 12.4. The molecule has 1 aromatic carbocycles. The largest absolute Gasteiger partial charge is 0.345 e. The van der Waals surface area contributed by atoms with Crippen LogP contribution >= 0.6 is 11.8 Å². The number of hydrogen-bond donors (Lipinski definition) is 5. The summed E-state index contributed by atoms with van der Waals surface area (Å²) in [5.74, 6) is -0.730. The third kappa shape index (κ3) is 11.3. The fraction of sp³-hybridized carbons (Fsp3) is 0.545. The number of carbonyl (C=O) groups excluding carboxylic acids is 4. The molecular weight excluding hydrogens is 430 g/mol. The number of nitrogens with one attached hydrogen (secondary N) is 3. The van der Waals surface area contributed by atoms with Gasteiger partial charge in [-0.15, -0.1) is 0 Å². The van der Waals surface area contributed by atoms with Crippen LogP contribution in [0.5, 0.6) is 0 Å². The van der Waals surface area contributed by atoms with Gasteiger partial charge in [0.1, 0.15) is 12.3 Å². The third-order valence-electron chi connectivity index (χ3n) is 4.78. The molecule has 0 fully saturated rings. The van der Waals surface area contributed by atoms with Gasteiger partial charge in [-0.05, 0) is 56.2 Å². The van der Waals surface area contributed by atoms with Crippen molar-refractivity contribution in [3.63, 3.8) is 0 Å². The Morgan fingerprint density at radius 1 is 1.06 bits per heavy atom. The van der Waals surface area contributed by atoms with Gasteiger partial charge in [-0.1, -0.05) is 30.3 Å². The van der Waals surface area contributed by atoms with E-state index in [1.54, 1.807) is 11.8 Å². The van der Waals surface area contributed by atoms with E-state index in [2.05, 4.69) is 16.0 Å². The molecular formula is C22H35N5O4S. The fourth-order valence-electron chi connectivity index (χ4n) is 2.98. The van der Waals surface area contributed by atoms with Crippen molar-refractivity contribution in [3.8, 4) is 0 Å². The van der Waals surface area contributed by atoms with E-state index in [0.717, 1.165) is 18.4 Å². The first-order valence-electron chi connectivity index (χ1n) is 10.7. The molecule has 32 heavy (non-hydrogen) atoms. The molecule has 3 amide bonds. The van der Waals surface area contributed by atoms with Crippen LogP contribution in [0.1, 0.15) is 31.2 Å². The predicted octanol–water partition coefficient (Wildman–Crippen LogP) is -0.277. The molecule has 9 nitrogen and oxygen atoms in total. The SMILES string of the molecule is CSCC[C@H](NC(=O)[C@@H](N)Cc1ccccc1)C(=O)NCC(=O)N[C@H](C=O)CCCCN. The van der Waals surface area contributed by atoms with E-state index in [-0.39, 0.29) is 6.54 Å². The second kappa shape index (κ2) is 16.2. The Balaban J connectivity index is 2.56. The van der Waals surface area contributed by atoms with Crippen LogP contribution in [-0.2, 0) is 25.6 Å². The number of rotatable bonds is 16. The Morgan fingerprint density at radius 3 is 2.41 bits per heavy atom. The maximum Gasteiger partial charge on any atom is 0.243 e. The van der Waals surface area contributed by atoms with Gasteiger partial charge in [0, 0.05) is 0 Å². The van der Waals surface area contributed by atoms with E-state index in [1.165, 1.54) is 0 Å². The molecule has 0 saturated heterocycles. The Hall–Kier alpha value is -2.43. The maximum absolute atomic E-state index is 12.6. The Morgan fingerprint density at radius 2 is 1.78 bits per heavy atom. The number of aldehydes is 1. The van der Waals surface area contributed by atoms with E-state index < -0.39 is 35.8 Å². The Labute approximate surface area is 193 Å². The number of unbranched alkanes of at least 4 members (excludes halogenated alkanes) is 1. The lowest BCUT2D eigenvalue weighted by molar-refractivity contribution is -0.131. The highest BCUT2D eigenvalue weighted by atomic mass is 32.2. The van der Waals surface area contributed by atoms with Gasteiger partial charge in [0.05, 0.1) is 18.6 Å². The molecule has 0 bridgehead atoms. The molecule has 0 heterocycles. The zero-order chi connectivity index (χ0) is 23.8. The van der Waals surface area contributed by atoms with Crippen LogP contribution in [0.4, 0.5) is 0 Å². The van der Waals surface area contributed by atoms with Gasteiger partial charge < -0.3 is 32.2 Å². The van der Waals surface area contributed by atoms with E-state index in [9.17, 15) is 19.2 Å². The summed E-state index contributed by atoms with van der Waals surface area (Å²) in [5, 5.41) is 7.80. The van der Waals surface area contributed by atoms with Gasteiger partial charge in [0.25, 0.3) is 0 Å². The number of carbonyl (C=O) groups is 4. The molecule has 0 spiro atoms. The molecule has 3 atom stereocenters. The van der Waals surface area contributed by atoms with Crippen molar-refractivity contribution in [1.29, 1.82) is 0 Å². The quantitative estimate of drug-likeness (QED) is 0.166. The highest BCUT2D eigenvalue weighted by Gasteiger charge is 2.24. The van der Waals surface area contributed by atoms with Gasteiger partial charge in [-0.25, -0.2) is 0 Å². The summed E-state index contributed by atoms with van der Waals surface area (Å²) in [6.07, 6.45) is 5.30. The molecule has 0 radical (unpaired) electrons. The average molecular weight is 466 g/mol. The molecule has 1 rings (SSSR count). The highest BCUT2D eigenvalue weighted by Crippen LogP contribution is 2.05. The third-order valence-corrected chi connectivity index (χ3v) is 5.43. The minimum Gasteiger partial charge on any atom is -0.345 e. The highest BCUT2D eigenvalue weighted by molar-refractivity contribution is 7.98. The van der Waals surface area contributed by atoms with Crippen molar-refractivity contribution < 1.29 is 19.2 Å². The Kier molecular flexibility index (Phi) is 14.0. The van der Waals surface area contributed by atoms with Gasteiger partial charge in [0.15, 0.2) is 0 Å². The molecule has 178 valence electrons. The standard InChI is InChI=1S/C22H35N5O4S/c1-32-12-10-19(27-21(30)18(24)13-16-7-3-2-4-8-16)22(31)25-14-20(29)26-17(15-28)9-5-6-11-23/h2-4,7-8,15,17-19H,5-6,9-14,23-24H2,1H3,(H,25,31)(H,26,29)(H,27,30)/t17-,18-,19-/m0/s1. The van der Waals surface area contributed by atoms with Gasteiger partial charge in [0.2, 0.25) is 17.7 Å². The summed E-state index contributed by atoms with van der Waals surface area (Å²) in [4.78, 5) is 48.3. The second-order valence-electron chi connectivity index (χ2n) is 7.45. The lowest BCUT2D eigenvalue weighted by Crippen LogP contribution is -2.53. The predicted molar refractivity (Wildman–Crippen MR) is 127 cm³/mol. The van der Waals surface area contributed by atoms with Gasteiger partial charge in [-0.2, -0.15) is 11.8 Å². The van der Waals surface area contributed by atoms with E-state index in [4.69, 9.17) is 11.5 Å². The second-order valence-corrected chi connectivity index (χ2v) is 8.44. The van der Waals surface area contributed by atoms with Crippen molar-refractivity contribution >= 4 is 35.8 Å². The van der Waals surface area contributed by atoms with Crippen LogP contribution in [-0.4, -0.2) is 67.2 Å². The zero-order valence-electron chi connectivity index (χ0n) is 18.5. The van der Waals surface area contributed by atoms with Crippen LogP contribution < -0.4 is 27.4 Å². The number of amides is 3. The van der Waals surface area contributed by atoms with Crippen molar-refractivity contribution in [2.24, 2.45) is 11.5 Å². The van der Waals surface area contributed by atoms with E-state index in [0.29, 0.717) is 37.8 Å². The van der Waals surface area contributed by atoms with Crippen LogP contribution in [0, 0.1) is 0 Å². The number of benzene rings is 1. The topological polar surface area (TPSA) is 156 Å². The monoisotopic (exact) mass is 465 g/mol. The average Bonchev–Trinajstić information content (AvgIpc) is 2.80. The van der Waals surface area contributed by atoms with Crippen LogP contribution in [0.15, 0.2) is 30.3 Å². The molecule has 0 aliphatic carbocycles. The van der Waals surface area contributed by atoms with Crippen molar-refractivity contribution in [1.82, 2.24) is 16.0 Å². The van der Waals surface area contributed by atoms with E-state index in [1.807, 2.05) is 36.6 Å². The first-order valence-corrected chi connectivity index (χ1v) is 12.1. The minimum absolute atomic E-state index is 0.290. The number of hydrogen-bond acceptors (Lipinski definition) is 7. The molecule has 0 saturated carbocycles. The minimum atomic E-state index is -0.809. The molecule has 7 N–H and O–H groups in total. The lowest BCUT2D eigenvalue weighted by Gasteiger charge is -2.21. The first kappa shape index (κ1) is 27.6. The molecule has 10 heteroatoms. The zero-order valence-corrected chi connectivity index (χ0v) is 19.4. The van der Waals surface area contributed by atoms with Crippen LogP contribution in [0.25, 0.3) is 0 Å². The smallest absolute Gasteiger partial charge is 0.243 e. The first-order chi connectivity index (χ1) is 15.4. The van der Waals surface area contributed by atoms with Crippen molar-refractivity contribution in [2.45, 2.75) is 50.2 Å². The van der Waals surface area contributed by atoms with Crippen molar-refractivity contribution in [3.05, 3.63) is 35.9 Å². The lowest BCUT2D eigenvalue weighted by atomic mass is 10.1. The Bertz CT molecular complexity index is 720. The molecule has 1 aromatic rings. The number of nitrogens with two attached hydrogens (primary N) is 2. The molecule has 0 aliphatic heterocycles. The van der Waals surface area contributed by atoms with Crippen molar-refractivity contribution in [2.75, 3.05) is 25.1 Å². The maximum atomic E-state index is 12.6. The van der Waals surface area contributed by atoms with Crippen LogP contribution in [0.3, 0.4) is 0 Å². The molecule has 0 aliphatic rings. The summed E-state index contributed by atoms with van der Waals surface area (Å²) >= 11 is 1.54. The summed E-state index contributed by atoms with van der Waals surface area (Å²) in [6.45, 7) is 0.232. The summed E-state index contributed by atoms with van der Waals surface area (Å²) < 4.78 is 0. The number of thioether (sulfide) groups is 1.